The van der Waals surface area contributed by atoms with E-state index in [2.05, 4.69) is 34.4 Å². The summed E-state index contributed by atoms with van der Waals surface area (Å²) in [7, 11) is 0. The highest BCUT2D eigenvalue weighted by Crippen LogP contribution is 2.18. The number of ether oxygens (including phenoxy) is 1. The van der Waals surface area contributed by atoms with Crippen LogP contribution in [-0.2, 0) is 6.61 Å². The maximum atomic E-state index is 12.6. The lowest BCUT2D eigenvalue weighted by Gasteiger charge is -2.11. The van der Waals surface area contributed by atoms with Crippen LogP contribution in [-0.4, -0.2) is 22.4 Å². The highest BCUT2D eigenvalue weighted by molar-refractivity contribution is 6.03. The van der Waals surface area contributed by atoms with Gasteiger partial charge in [-0.3, -0.25) is 4.79 Å². The summed E-state index contributed by atoms with van der Waals surface area (Å²) < 4.78 is 5.77. The van der Waals surface area contributed by atoms with Crippen molar-refractivity contribution in [2.45, 2.75) is 27.4 Å². The van der Waals surface area contributed by atoms with Crippen molar-refractivity contribution in [1.82, 2.24) is 9.97 Å². The Bertz CT molecular complexity index is 941. The predicted molar refractivity (Wildman–Crippen MR) is 115 cm³/mol. The molecule has 150 valence electrons. The van der Waals surface area contributed by atoms with Crippen LogP contribution in [0.3, 0.4) is 0 Å². The standard InChI is InChI=1S/C23H26N4O2/c1-16(2)14-24-22-13-21(25-17(3)26-22)23(28)27-19-9-11-20(12-10-19)29-15-18-7-5-4-6-8-18/h4-13,16H,14-15H2,1-3H3,(H,27,28)(H,24,25,26). The lowest BCUT2D eigenvalue weighted by atomic mass is 10.2. The molecule has 0 aliphatic carbocycles. The van der Waals surface area contributed by atoms with Gasteiger partial charge in [0, 0.05) is 18.3 Å². The molecular weight excluding hydrogens is 364 g/mol. The van der Waals surface area contributed by atoms with Crippen molar-refractivity contribution in [2.24, 2.45) is 5.92 Å². The molecule has 2 aromatic carbocycles. The Hall–Kier alpha value is -3.41. The summed E-state index contributed by atoms with van der Waals surface area (Å²) in [5, 5.41) is 6.10. The number of rotatable bonds is 8. The SMILES string of the molecule is Cc1nc(NCC(C)C)cc(C(=O)Nc2ccc(OCc3ccccc3)cc2)n1. The van der Waals surface area contributed by atoms with Crippen LogP contribution >= 0.6 is 0 Å². The lowest BCUT2D eigenvalue weighted by Crippen LogP contribution is -2.16. The van der Waals surface area contributed by atoms with Crippen molar-refractivity contribution in [2.75, 3.05) is 17.2 Å². The van der Waals surface area contributed by atoms with Gasteiger partial charge in [-0.05, 0) is 42.7 Å². The molecule has 0 radical (unpaired) electrons. The summed E-state index contributed by atoms with van der Waals surface area (Å²) in [5.41, 5.74) is 2.11. The predicted octanol–water partition coefficient (Wildman–Crippen LogP) is 4.68. The topological polar surface area (TPSA) is 76.1 Å². The van der Waals surface area contributed by atoms with E-state index in [4.69, 9.17) is 4.74 Å². The molecule has 0 atom stereocenters. The van der Waals surface area contributed by atoms with Gasteiger partial charge in [0.15, 0.2) is 0 Å². The molecule has 1 aromatic heterocycles. The second-order valence-electron chi connectivity index (χ2n) is 7.21. The van der Waals surface area contributed by atoms with Crippen LogP contribution < -0.4 is 15.4 Å². The summed E-state index contributed by atoms with van der Waals surface area (Å²) >= 11 is 0. The Morgan fingerprint density at radius 3 is 2.45 bits per heavy atom. The number of nitrogens with one attached hydrogen (secondary N) is 2. The lowest BCUT2D eigenvalue weighted by molar-refractivity contribution is 0.102. The number of carbonyl (C=O) groups is 1. The Labute approximate surface area is 171 Å². The van der Waals surface area contributed by atoms with Gasteiger partial charge < -0.3 is 15.4 Å². The normalized spacial score (nSPS) is 10.6. The average Bonchev–Trinajstić information content (AvgIpc) is 2.72. The first-order valence-electron chi connectivity index (χ1n) is 9.67. The Balaban J connectivity index is 1.60. The van der Waals surface area contributed by atoms with Gasteiger partial charge in [-0.15, -0.1) is 0 Å². The first-order valence-corrected chi connectivity index (χ1v) is 9.67. The first kappa shape index (κ1) is 20.3. The molecule has 29 heavy (non-hydrogen) atoms. The number of amides is 1. The van der Waals surface area contributed by atoms with Gasteiger partial charge in [-0.2, -0.15) is 0 Å². The third-order valence-corrected chi connectivity index (χ3v) is 4.12. The number of hydrogen-bond donors (Lipinski definition) is 2. The molecule has 0 unspecified atom stereocenters. The van der Waals surface area contributed by atoms with Crippen molar-refractivity contribution >= 4 is 17.4 Å². The van der Waals surface area contributed by atoms with Crippen molar-refractivity contribution in [1.29, 1.82) is 0 Å². The van der Waals surface area contributed by atoms with E-state index in [-0.39, 0.29) is 5.91 Å². The number of aryl methyl sites for hydroxylation is 1. The Morgan fingerprint density at radius 1 is 1.03 bits per heavy atom. The van der Waals surface area contributed by atoms with Gasteiger partial charge in [0.1, 0.15) is 29.7 Å². The van der Waals surface area contributed by atoms with Crippen molar-refractivity contribution in [3.63, 3.8) is 0 Å². The summed E-state index contributed by atoms with van der Waals surface area (Å²) in [4.78, 5) is 21.2. The number of hydrogen-bond acceptors (Lipinski definition) is 5. The van der Waals surface area contributed by atoms with E-state index in [1.54, 1.807) is 13.0 Å². The van der Waals surface area contributed by atoms with Crippen molar-refractivity contribution < 1.29 is 9.53 Å². The zero-order chi connectivity index (χ0) is 20.6. The molecule has 6 heteroatoms. The van der Waals surface area contributed by atoms with Crippen LogP contribution in [0.2, 0.25) is 0 Å². The van der Waals surface area contributed by atoms with Gasteiger partial charge in [-0.25, -0.2) is 9.97 Å². The monoisotopic (exact) mass is 390 g/mol. The van der Waals surface area contributed by atoms with Crippen LogP contribution in [0.25, 0.3) is 0 Å². The smallest absolute Gasteiger partial charge is 0.274 e. The molecule has 2 N–H and O–H groups in total. The van der Waals surface area contributed by atoms with E-state index < -0.39 is 0 Å². The van der Waals surface area contributed by atoms with E-state index in [1.165, 1.54) is 0 Å². The fourth-order valence-corrected chi connectivity index (χ4v) is 2.65. The number of anilines is 2. The van der Waals surface area contributed by atoms with Gasteiger partial charge in [-0.1, -0.05) is 44.2 Å². The Kier molecular flexibility index (Phi) is 6.79. The molecule has 0 fully saturated rings. The fraction of sp³-hybridized carbons (Fsp3) is 0.261. The molecule has 3 rings (SSSR count). The zero-order valence-corrected chi connectivity index (χ0v) is 17.0. The Morgan fingerprint density at radius 2 is 1.76 bits per heavy atom. The third kappa shape index (κ3) is 6.31. The van der Waals surface area contributed by atoms with E-state index in [0.29, 0.717) is 35.5 Å². The molecule has 3 aromatic rings. The van der Waals surface area contributed by atoms with Crippen LogP contribution in [0.15, 0.2) is 60.7 Å². The number of aromatic nitrogens is 2. The van der Waals surface area contributed by atoms with Gasteiger partial charge in [0.25, 0.3) is 5.91 Å². The second kappa shape index (κ2) is 9.68. The van der Waals surface area contributed by atoms with Crippen LogP contribution in [0.5, 0.6) is 5.75 Å². The summed E-state index contributed by atoms with van der Waals surface area (Å²) in [6.07, 6.45) is 0. The highest BCUT2D eigenvalue weighted by Gasteiger charge is 2.11. The van der Waals surface area contributed by atoms with Crippen LogP contribution in [0.4, 0.5) is 11.5 Å². The average molecular weight is 390 g/mol. The number of benzene rings is 2. The minimum absolute atomic E-state index is 0.277. The molecule has 1 amide bonds. The molecular formula is C23H26N4O2. The maximum absolute atomic E-state index is 12.6. The molecule has 0 saturated carbocycles. The third-order valence-electron chi connectivity index (χ3n) is 4.12. The highest BCUT2D eigenvalue weighted by atomic mass is 16.5. The van der Waals surface area contributed by atoms with Crippen molar-refractivity contribution in [3.05, 3.63) is 77.7 Å². The fourth-order valence-electron chi connectivity index (χ4n) is 2.65. The zero-order valence-electron chi connectivity index (χ0n) is 17.0. The number of carbonyl (C=O) groups excluding carboxylic acids is 1. The van der Waals surface area contributed by atoms with E-state index >= 15 is 0 Å². The summed E-state index contributed by atoms with van der Waals surface area (Å²) in [5.74, 6) is 2.14. The molecule has 0 saturated heterocycles. The minimum Gasteiger partial charge on any atom is -0.489 e. The van der Waals surface area contributed by atoms with Crippen molar-refractivity contribution in [3.8, 4) is 5.75 Å². The van der Waals surface area contributed by atoms with Gasteiger partial charge >= 0.3 is 0 Å². The minimum atomic E-state index is -0.277. The number of nitrogens with zero attached hydrogens (tertiary/aromatic N) is 2. The van der Waals surface area contributed by atoms with Crippen LogP contribution in [0.1, 0.15) is 35.7 Å². The maximum Gasteiger partial charge on any atom is 0.274 e. The molecule has 0 bridgehead atoms. The molecule has 0 aliphatic rings. The van der Waals surface area contributed by atoms with Gasteiger partial charge in [0.2, 0.25) is 0 Å². The summed E-state index contributed by atoms with van der Waals surface area (Å²) in [6.45, 7) is 7.28. The quantitative estimate of drug-likeness (QED) is 0.584. The summed E-state index contributed by atoms with van der Waals surface area (Å²) in [6, 6.07) is 18.9. The largest absolute Gasteiger partial charge is 0.489 e. The second-order valence-corrected chi connectivity index (χ2v) is 7.21. The van der Waals surface area contributed by atoms with E-state index in [1.807, 2.05) is 54.6 Å². The van der Waals surface area contributed by atoms with Crippen LogP contribution in [0, 0.1) is 12.8 Å². The molecule has 0 aliphatic heterocycles. The molecule has 6 nitrogen and oxygen atoms in total. The van der Waals surface area contributed by atoms with Gasteiger partial charge in [0.05, 0.1) is 0 Å². The van der Waals surface area contributed by atoms with E-state index in [9.17, 15) is 4.79 Å². The first-order chi connectivity index (χ1) is 14.0. The molecule has 1 heterocycles. The molecule has 0 spiro atoms. The van der Waals surface area contributed by atoms with E-state index in [0.717, 1.165) is 17.9 Å².